The molecular formula is C38H47FN6O3S. The Kier molecular flexibility index (Phi) is 9.93. The van der Waals surface area contributed by atoms with Crippen molar-refractivity contribution in [2.45, 2.75) is 96.9 Å². The number of benzene rings is 2. The van der Waals surface area contributed by atoms with E-state index in [4.69, 9.17) is 9.72 Å². The molecule has 2 aliphatic rings. The number of halogens is 1. The van der Waals surface area contributed by atoms with Crippen LogP contribution in [0.4, 0.5) is 16.2 Å². The van der Waals surface area contributed by atoms with Gasteiger partial charge >= 0.3 is 0 Å². The van der Waals surface area contributed by atoms with Crippen molar-refractivity contribution in [1.29, 1.82) is 0 Å². The van der Waals surface area contributed by atoms with Crippen molar-refractivity contribution in [3.63, 3.8) is 0 Å². The highest BCUT2D eigenvalue weighted by atomic mass is 32.2. The van der Waals surface area contributed by atoms with Crippen LogP contribution in [0.5, 0.6) is 5.88 Å². The Morgan fingerprint density at radius 2 is 1.78 bits per heavy atom. The number of sulfonamides is 1. The van der Waals surface area contributed by atoms with Crippen molar-refractivity contribution in [3.8, 4) is 17.1 Å². The second-order valence-corrected chi connectivity index (χ2v) is 16.5. The number of piperidine rings is 1. The lowest BCUT2D eigenvalue weighted by molar-refractivity contribution is 0.182. The minimum Gasteiger partial charge on any atom is -0.475 e. The lowest BCUT2D eigenvalue weighted by Crippen LogP contribution is -2.38. The molecule has 260 valence electrons. The van der Waals surface area contributed by atoms with Gasteiger partial charge in [-0.2, -0.15) is 9.37 Å². The molecule has 9 nitrogen and oxygen atoms in total. The van der Waals surface area contributed by atoms with E-state index in [9.17, 15) is 8.42 Å². The quantitative estimate of drug-likeness (QED) is 0.217. The van der Waals surface area contributed by atoms with Gasteiger partial charge in [0.25, 0.3) is 15.9 Å². The molecule has 11 heteroatoms. The Labute approximate surface area is 289 Å². The highest BCUT2D eigenvalue weighted by molar-refractivity contribution is 7.92. The third-order valence-corrected chi connectivity index (χ3v) is 11.2. The van der Waals surface area contributed by atoms with Gasteiger partial charge < -0.3 is 9.64 Å². The summed E-state index contributed by atoms with van der Waals surface area (Å²) in [4.78, 5) is 20.8. The Morgan fingerprint density at radius 3 is 2.51 bits per heavy atom. The molecule has 0 radical (unpaired) electrons. The van der Waals surface area contributed by atoms with Crippen LogP contribution in [0.1, 0.15) is 88.1 Å². The number of hydrogen-bond donors (Lipinski definition) is 1. The summed E-state index contributed by atoms with van der Waals surface area (Å²) in [5.41, 5.74) is 3.85. The van der Waals surface area contributed by atoms with Crippen LogP contribution in [0.15, 0.2) is 59.8 Å². The predicted octanol–water partition coefficient (Wildman–Crippen LogP) is 8.03. The van der Waals surface area contributed by atoms with E-state index in [1.165, 1.54) is 6.42 Å². The highest BCUT2D eigenvalue weighted by Gasteiger charge is 2.31. The molecule has 6 rings (SSSR count). The fourth-order valence-electron chi connectivity index (χ4n) is 7.07. The van der Waals surface area contributed by atoms with E-state index in [2.05, 4.69) is 52.3 Å². The Hall–Kier alpha value is -4.12. The summed E-state index contributed by atoms with van der Waals surface area (Å²) in [6.45, 7) is 13.6. The number of anilines is 2. The third kappa shape index (κ3) is 7.87. The van der Waals surface area contributed by atoms with E-state index in [1.807, 2.05) is 44.3 Å². The standard InChI is InChI=1S/C38H47FN6O3S/c1-24-11-9-12-25(2)33(24)35-34(39)36-43-37(42-35)44-49(46,47)30-15-10-14-27(19-30)31(28(23-48-36)16-17-38(4,5)6)20-29-21-40-22-32(41-29)45-18-8-7-13-26(45)3/h9-12,14-15,19,21-22,26,28,31H,7-8,13,16-18,20,23H2,1-6H3,(H,42,43,44)/t26-,28-,31?/m1/s1. The van der Waals surface area contributed by atoms with Gasteiger partial charge in [-0.25, -0.2) is 23.1 Å². The van der Waals surface area contributed by atoms with Gasteiger partial charge in [0.05, 0.1) is 23.4 Å². The molecule has 0 spiro atoms. The summed E-state index contributed by atoms with van der Waals surface area (Å²) in [7, 11) is -4.14. The molecule has 1 saturated heterocycles. The minimum atomic E-state index is -4.14. The van der Waals surface area contributed by atoms with E-state index < -0.39 is 15.8 Å². The fourth-order valence-corrected chi connectivity index (χ4v) is 8.07. The number of rotatable bonds is 6. The van der Waals surface area contributed by atoms with E-state index in [1.54, 1.807) is 24.4 Å². The second-order valence-electron chi connectivity index (χ2n) is 14.8. The summed E-state index contributed by atoms with van der Waals surface area (Å²) in [6.07, 6.45) is 9.19. The highest BCUT2D eigenvalue weighted by Crippen LogP contribution is 2.38. The first-order chi connectivity index (χ1) is 23.3. The van der Waals surface area contributed by atoms with Gasteiger partial charge in [0.15, 0.2) is 0 Å². The molecule has 4 bridgehead atoms. The predicted molar refractivity (Wildman–Crippen MR) is 191 cm³/mol. The van der Waals surface area contributed by atoms with Gasteiger partial charge in [0.1, 0.15) is 11.5 Å². The van der Waals surface area contributed by atoms with Crippen LogP contribution in [-0.4, -0.2) is 47.5 Å². The Bertz CT molecular complexity index is 1910. The number of aryl methyl sites for hydroxylation is 2. The van der Waals surface area contributed by atoms with E-state index in [0.717, 1.165) is 60.4 Å². The molecule has 2 aromatic heterocycles. The fraction of sp³-hybridized carbons (Fsp3) is 0.474. The van der Waals surface area contributed by atoms with Gasteiger partial charge in [-0.05, 0) is 99.5 Å². The SMILES string of the molecule is Cc1cccc(C)c1-c1nc2nc(c1F)OC[C@@H](CCC(C)(C)C)C(Cc1cncc(N3CCCC[C@H]3C)n1)c1cccc(c1)S(=O)(=O)N2. The summed E-state index contributed by atoms with van der Waals surface area (Å²) in [5, 5.41) is 0. The van der Waals surface area contributed by atoms with Crippen LogP contribution in [0.25, 0.3) is 11.3 Å². The molecule has 49 heavy (non-hydrogen) atoms. The second kappa shape index (κ2) is 14.0. The van der Waals surface area contributed by atoms with Crippen molar-refractivity contribution < 1.29 is 17.5 Å². The number of hydrogen-bond acceptors (Lipinski definition) is 8. The smallest absolute Gasteiger partial charge is 0.264 e. The van der Waals surface area contributed by atoms with Gasteiger partial charge in [-0.1, -0.05) is 51.1 Å². The maximum Gasteiger partial charge on any atom is 0.264 e. The number of nitrogens with one attached hydrogen (secondary N) is 1. The Morgan fingerprint density at radius 1 is 1.02 bits per heavy atom. The molecule has 2 aromatic carbocycles. The molecule has 1 fully saturated rings. The summed E-state index contributed by atoms with van der Waals surface area (Å²) >= 11 is 0. The van der Waals surface area contributed by atoms with Crippen LogP contribution < -0.4 is 14.4 Å². The first-order valence-electron chi connectivity index (χ1n) is 17.3. The van der Waals surface area contributed by atoms with Crippen molar-refractivity contribution in [1.82, 2.24) is 19.9 Å². The van der Waals surface area contributed by atoms with Crippen molar-refractivity contribution in [3.05, 3.63) is 83.1 Å². The Balaban J connectivity index is 1.46. The molecule has 4 heterocycles. The summed E-state index contributed by atoms with van der Waals surface area (Å²) in [6, 6.07) is 13.0. The molecule has 0 aliphatic carbocycles. The number of ether oxygens (including phenoxy) is 1. The average Bonchev–Trinajstić information content (AvgIpc) is 3.05. The van der Waals surface area contributed by atoms with E-state index >= 15 is 4.39 Å². The molecule has 4 aromatic rings. The lowest BCUT2D eigenvalue weighted by Gasteiger charge is -2.34. The average molecular weight is 687 g/mol. The normalized spacial score (nSPS) is 20.8. The van der Waals surface area contributed by atoms with Crippen LogP contribution in [0.3, 0.4) is 0 Å². The zero-order valence-corrected chi connectivity index (χ0v) is 30.1. The maximum atomic E-state index is 16.4. The lowest BCUT2D eigenvalue weighted by atomic mass is 9.77. The van der Waals surface area contributed by atoms with E-state index in [-0.39, 0.29) is 46.3 Å². The number of aromatic nitrogens is 4. The van der Waals surface area contributed by atoms with Crippen LogP contribution in [0.2, 0.25) is 0 Å². The van der Waals surface area contributed by atoms with E-state index in [0.29, 0.717) is 18.0 Å². The minimum absolute atomic E-state index is 0.00840. The van der Waals surface area contributed by atoms with Gasteiger partial charge in [-0.15, -0.1) is 0 Å². The number of nitrogens with zero attached hydrogens (tertiary/aromatic N) is 5. The molecular weight excluding hydrogens is 640 g/mol. The monoisotopic (exact) mass is 686 g/mol. The summed E-state index contributed by atoms with van der Waals surface area (Å²) < 4.78 is 52.9. The van der Waals surface area contributed by atoms with Crippen molar-refractivity contribution >= 4 is 21.8 Å². The third-order valence-electron chi connectivity index (χ3n) is 9.83. The topological polar surface area (TPSA) is 110 Å². The van der Waals surface area contributed by atoms with Crippen molar-refractivity contribution in [2.75, 3.05) is 22.8 Å². The van der Waals surface area contributed by atoms with Crippen molar-refractivity contribution in [2.24, 2.45) is 11.3 Å². The van der Waals surface area contributed by atoms with Gasteiger partial charge in [0, 0.05) is 30.3 Å². The molecule has 1 unspecified atom stereocenters. The zero-order chi connectivity index (χ0) is 34.9. The molecule has 2 aliphatic heterocycles. The zero-order valence-electron chi connectivity index (χ0n) is 29.3. The van der Waals surface area contributed by atoms with Crippen LogP contribution in [0, 0.1) is 31.0 Å². The molecule has 0 amide bonds. The molecule has 3 atom stereocenters. The number of fused-ring (bicyclic) bond motifs is 4. The molecule has 1 N–H and O–H groups in total. The van der Waals surface area contributed by atoms with Crippen LogP contribution in [-0.2, 0) is 16.4 Å². The first-order valence-corrected chi connectivity index (χ1v) is 18.7. The van der Waals surface area contributed by atoms with Gasteiger partial charge in [0.2, 0.25) is 11.8 Å². The van der Waals surface area contributed by atoms with Gasteiger partial charge in [-0.3, -0.25) is 4.98 Å². The summed E-state index contributed by atoms with van der Waals surface area (Å²) in [5.74, 6) is -0.739. The molecule has 0 saturated carbocycles. The first kappa shape index (κ1) is 34.7. The largest absolute Gasteiger partial charge is 0.475 e. The maximum absolute atomic E-state index is 16.4. The van der Waals surface area contributed by atoms with Crippen LogP contribution >= 0.6 is 0 Å².